The molecule has 4 nitrogen and oxygen atoms in total. The fourth-order valence-corrected chi connectivity index (χ4v) is 3.15. The number of nitrogens with zero attached hydrogens (tertiary/aromatic N) is 1. The fourth-order valence-electron chi connectivity index (χ4n) is 2.17. The molecule has 0 aliphatic rings. The summed E-state index contributed by atoms with van der Waals surface area (Å²) >= 11 is 1.49. The average molecular weight is 301 g/mol. The van der Waals surface area contributed by atoms with E-state index in [-0.39, 0.29) is 0 Å². The fraction of sp³-hybridized carbons (Fsp3) is 0.188. The molecule has 1 N–H and O–H groups in total. The molecule has 3 rings (SSSR count). The second-order valence-corrected chi connectivity index (χ2v) is 5.60. The number of hydrogen-bond acceptors (Lipinski definition) is 5. The van der Waals surface area contributed by atoms with E-state index in [0.717, 1.165) is 15.8 Å². The standard InChI is InChI=1S/C16H15NO3S/c1-19-12-8-7-10(9-13(12)20-2)15(18)16-17-11-5-3-4-6-14(11)21-16/h3-9,15,18H,1-2H3/t15-/m1/s1. The maximum Gasteiger partial charge on any atom is 0.161 e. The van der Waals surface area contributed by atoms with Gasteiger partial charge in [-0.1, -0.05) is 18.2 Å². The lowest BCUT2D eigenvalue weighted by Gasteiger charge is -2.12. The van der Waals surface area contributed by atoms with Gasteiger partial charge in [-0.15, -0.1) is 11.3 Å². The van der Waals surface area contributed by atoms with Gasteiger partial charge in [0, 0.05) is 0 Å². The van der Waals surface area contributed by atoms with Crippen molar-refractivity contribution >= 4 is 21.6 Å². The van der Waals surface area contributed by atoms with E-state index in [0.29, 0.717) is 16.5 Å². The van der Waals surface area contributed by atoms with E-state index in [4.69, 9.17) is 9.47 Å². The summed E-state index contributed by atoms with van der Waals surface area (Å²) in [7, 11) is 3.16. The van der Waals surface area contributed by atoms with Gasteiger partial charge in [0.15, 0.2) is 11.5 Å². The zero-order chi connectivity index (χ0) is 14.8. The van der Waals surface area contributed by atoms with Crippen LogP contribution in [0.5, 0.6) is 11.5 Å². The molecule has 21 heavy (non-hydrogen) atoms. The minimum absolute atomic E-state index is 0.593. The lowest BCUT2D eigenvalue weighted by Crippen LogP contribution is -2.00. The molecule has 1 aromatic heterocycles. The maximum absolute atomic E-state index is 10.5. The Hall–Kier alpha value is -2.11. The lowest BCUT2D eigenvalue weighted by molar-refractivity contribution is 0.219. The molecule has 0 fully saturated rings. The van der Waals surface area contributed by atoms with Gasteiger partial charge in [0.25, 0.3) is 0 Å². The molecule has 0 saturated carbocycles. The quantitative estimate of drug-likeness (QED) is 0.802. The van der Waals surface area contributed by atoms with Gasteiger partial charge in [0.05, 0.1) is 24.4 Å². The molecule has 2 aromatic carbocycles. The molecule has 0 saturated heterocycles. The van der Waals surface area contributed by atoms with Gasteiger partial charge in [-0.05, 0) is 29.8 Å². The number of methoxy groups -OCH3 is 2. The summed E-state index contributed by atoms with van der Waals surface area (Å²) in [6.45, 7) is 0. The van der Waals surface area contributed by atoms with E-state index in [2.05, 4.69) is 4.98 Å². The monoisotopic (exact) mass is 301 g/mol. The molecule has 1 atom stereocenters. The zero-order valence-electron chi connectivity index (χ0n) is 11.7. The van der Waals surface area contributed by atoms with Gasteiger partial charge in [-0.3, -0.25) is 0 Å². The maximum atomic E-state index is 10.5. The summed E-state index contributed by atoms with van der Waals surface area (Å²) in [5.74, 6) is 1.23. The van der Waals surface area contributed by atoms with Gasteiger partial charge in [0.1, 0.15) is 11.1 Å². The lowest BCUT2D eigenvalue weighted by atomic mass is 10.1. The molecule has 1 heterocycles. The highest BCUT2D eigenvalue weighted by atomic mass is 32.1. The molecular weight excluding hydrogens is 286 g/mol. The first-order valence-corrected chi connectivity index (χ1v) is 7.30. The Balaban J connectivity index is 1.99. The van der Waals surface area contributed by atoms with E-state index in [1.165, 1.54) is 11.3 Å². The first kappa shape index (κ1) is 13.9. The van der Waals surface area contributed by atoms with Gasteiger partial charge in [-0.2, -0.15) is 0 Å². The predicted molar refractivity (Wildman–Crippen MR) is 83.2 cm³/mol. The highest BCUT2D eigenvalue weighted by molar-refractivity contribution is 7.18. The number of aliphatic hydroxyl groups excluding tert-OH is 1. The second-order valence-electron chi connectivity index (χ2n) is 4.54. The normalized spacial score (nSPS) is 12.3. The van der Waals surface area contributed by atoms with Crippen molar-refractivity contribution in [2.24, 2.45) is 0 Å². The molecule has 108 valence electrons. The summed E-state index contributed by atoms with van der Waals surface area (Å²) in [6, 6.07) is 13.2. The number of aliphatic hydroxyl groups is 1. The van der Waals surface area contributed by atoms with E-state index >= 15 is 0 Å². The summed E-state index contributed by atoms with van der Waals surface area (Å²) < 4.78 is 11.5. The third-order valence-corrected chi connectivity index (χ3v) is 4.36. The van der Waals surface area contributed by atoms with Crippen molar-refractivity contribution in [2.75, 3.05) is 14.2 Å². The number of thiazole rings is 1. The van der Waals surface area contributed by atoms with Crippen molar-refractivity contribution in [3.63, 3.8) is 0 Å². The third-order valence-electron chi connectivity index (χ3n) is 3.27. The third kappa shape index (κ3) is 2.57. The Morgan fingerprint density at radius 3 is 2.52 bits per heavy atom. The topological polar surface area (TPSA) is 51.6 Å². The van der Waals surface area contributed by atoms with Crippen LogP contribution in [0.4, 0.5) is 0 Å². The summed E-state index contributed by atoms with van der Waals surface area (Å²) in [6.07, 6.45) is -0.776. The molecule has 0 radical (unpaired) electrons. The van der Waals surface area contributed by atoms with Crippen LogP contribution in [-0.4, -0.2) is 24.3 Å². The van der Waals surface area contributed by atoms with Crippen molar-refractivity contribution < 1.29 is 14.6 Å². The Labute approximate surface area is 126 Å². The molecule has 0 amide bonds. The summed E-state index contributed by atoms with van der Waals surface area (Å²) in [4.78, 5) is 4.48. The van der Waals surface area contributed by atoms with Crippen LogP contribution in [0, 0.1) is 0 Å². The molecule has 5 heteroatoms. The van der Waals surface area contributed by atoms with Crippen molar-refractivity contribution in [1.82, 2.24) is 4.98 Å². The van der Waals surface area contributed by atoms with Crippen LogP contribution in [0.25, 0.3) is 10.2 Å². The molecule has 0 unspecified atom stereocenters. The SMILES string of the molecule is COc1ccc([C@@H](O)c2nc3ccccc3s2)cc1OC. The van der Waals surface area contributed by atoms with Crippen LogP contribution < -0.4 is 9.47 Å². The number of hydrogen-bond donors (Lipinski definition) is 1. The highest BCUT2D eigenvalue weighted by Gasteiger charge is 2.17. The van der Waals surface area contributed by atoms with Crippen molar-refractivity contribution in [2.45, 2.75) is 6.10 Å². The van der Waals surface area contributed by atoms with Crippen LogP contribution >= 0.6 is 11.3 Å². The Bertz CT molecular complexity index is 736. The zero-order valence-corrected chi connectivity index (χ0v) is 12.6. The van der Waals surface area contributed by atoms with E-state index < -0.39 is 6.10 Å². The Morgan fingerprint density at radius 2 is 1.81 bits per heavy atom. The number of rotatable bonds is 4. The van der Waals surface area contributed by atoms with Gasteiger partial charge in [-0.25, -0.2) is 4.98 Å². The molecular formula is C16H15NO3S. The largest absolute Gasteiger partial charge is 0.493 e. The minimum atomic E-state index is -0.776. The highest BCUT2D eigenvalue weighted by Crippen LogP contribution is 2.34. The first-order valence-electron chi connectivity index (χ1n) is 6.48. The smallest absolute Gasteiger partial charge is 0.161 e. The van der Waals surface area contributed by atoms with Crippen LogP contribution in [0.3, 0.4) is 0 Å². The number of ether oxygens (including phenoxy) is 2. The van der Waals surface area contributed by atoms with Crippen molar-refractivity contribution in [3.8, 4) is 11.5 Å². The van der Waals surface area contributed by atoms with Crippen LogP contribution in [0.15, 0.2) is 42.5 Å². The van der Waals surface area contributed by atoms with Gasteiger partial charge >= 0.3 is 0 Å². The molecule has 0 spiro atoms. The number of aromatic nitrogens is 1. The number of fused-ring (bicyclic) bond motifs is 1. The summed E-state index contributed by atoms with van der Waals surface area (Å²) in [5.41, 5.74) is 1.63. The van der Waals surface area contributed by atoms with E-state index in [1.807, 2.05) is 30.3 Å². The Kier molecular flexibility index (Phi) is 3.77. The van der Waals surface area contributed by atoms with Gasteiger partial charge in [0.2, 0.25) is 0 Å². The van der Waals surface area contributed by atoms with E-state index in [9.17, 15) is 5.11 Å². The molecule has 3 aromatic rings. The molecule has 0 aliphatic heterocycles. The van der Waals surface area contributed by atoms with Crippen molar-refractivity contribution in [1.29, 1.82) is 0 Å². The van der Waals surface area contributed by atoms with Crippen LogP contribution in [-0.2, 0) is 0 Å². The number of benzene rings is 2. The molecule has 0 aliphatic carbocycles. The first-order chi connectivity index (χ1) is 10.2. The van der Waals surface area contributed by atoms with Crippen LogP contribution in [0.2, 0.25) is 0 Å². The van der Waals surface area contributed by atoms with Crippen LogP contribution in [0.1, 0.15) is 16.7 Å². The summed E-state index contributed by atoms with van der Waals surface area (Å²) in [5, 5.41) is 11.2. The van der Waals surface area contributed by atoms with E-state index in [1.54, 1.807) is 26.4 Å². The minimum Gasteiger partial charge on any atom is -0.493 e. The van der Waals surface area contributed by atoms with Crippen molar-refractivity contribution in [3.05, 3.63) is 53.0 Å². The average Bonchev–Trinajstić information content (AvgIpc) is 2.97. The molecule has 0 bridgehead atoms. The second kappa shape index (κ2) is 5.71. The number of para-hydroxylation sites is 1. The predicted octanol–water partition coefficient (Wildman–Crippen LogP) is 3.40. The van der Waals surface area contributed by atoms with Gasteiger partial charge < -0.3 is 14.6 Å². The Morgan fingerprint density at radius 1 is 1.05 bits per heavy atom.